The van der Waals surface area contributed by atoms with Gasteiger partial charge in [0.25, 0.3) is 0 Å². The molecule has 0 heterocycles. The normalized spacial score (nSPS) is 12.0. The molecular weight excluding hydrogens is 343 g/mol. The molecule has 128 valence electrons. The lowest BCUT2D eigenvalue weighted by atomic mass is 10.1. The van der Waals surface area contributed by atoms with Crippen molar-refractivity contribution in [1.29, 1.82) is 0 Å². The molecular formula is C19H22Cl2N2O. The summed E-state index contributed by atoms with van der Waals surface area (Å²) in [6.07, 6.45) is 1.14. The van der Waals surface area contributed by atoms with Gasteiger partial charge >= 0.3 is 0 Å². The Morgan fingerprint density at radius 2 is 1.83 bits per heavy atom. The van der Waals surface area contributed by atoms with E-state index in [1.807, 2.05) is 24.3 Å². The summed E-state index contributed by atoms with van der Waals surface area (Å²) < 4.78 is 0. The van der Waals surface area contributed by atoms with Gasteiger partial charge in [0.1, 0.15) is 0 Å². The second-order valence-corrected chi connectivity index (χ2v) is 6.52. The minimum absolute atomic E-state index is 0.0350. The standard InChI is InChI=1S/C19H22Cl2N2O/c1-14(15-5-3-2-4-6-15)22-12-10-19(24)23-11-9-16-7-8-17(20)13-18(16)21/h2-8,13-14,22H,9-12H2,1H3,(H,23,24). The summed E-state index contributed by atoms with van der Waals surface area (Å²) in [6.45, 7) is 3.30. The number of halogens is 2. The van der Waals surface area contributed by atoms with Crippen molar-refractivity contribution in [3.63, 3.8) is 0 Å². The van der Waals surface area contributed by atoms with Gasteiger partial charge in [-0.2, -0.15) is 0 Å². The highest BCUT2D eigenvalue weighted by Gasteiger charge is 2.06. The number of carbonyl (C=O) groups excluding carboxylic acids is 1. The minimum Gasteiger partial charge on any atom is -0.356 e. The molecule has 1 unspecified atom stereocenters. The van der Waals surface area contributed by atoms with Crippen molar-refractivity contribution in [3.8, 4) is 0 Å². The van der Waals surface area contributed by atoms with E-state index in [1.54, 1.807) is 12.1 Å². The highest BCUT2D eigenvalue weighted by Crippen LogP contribution is 2.21. The molecule has 0 spiro atoms. The van der Waals surface area contributed by atoms with Gasteiger partial charge in [0, 0.05) is 35.6 Å². The molecule has 2 rings (SSSR count). The van der Waals surface area contributed by atoms with E-state index < -0.39 is 0 Å². The zero-order valence-corrected chi connectivity index (χ0v) is 15.2. The van der Waals surface area contributed by atoms with Crippen LogP contribution in [0.4, 0.5) is 0 Å². The number of rotatable bonds is 8. The Morgan fingerprint density at radius 1 is 1.08 bits per heavy atom. The van der Waals surface area contributed by atoms with Crippen LogP contribution in [0.25, 0.3) is 0 Å². The van der Waals surface area contributed by atoms with Crippen LogP contribution in [0.2, 0.25) is 10.0 Å². The van der Waals surface area contributed by atoms with Crippen LogP contribution in [0.15, 0.2) is 48.5 Å². The summed E-state index contributed by atoms with van der Waals surface area (Å²) in [5, 5.41) is 7.52. The van der Waals surface area contributed by atoms with Gasteiger partial charge in [0.2, 0.25) is 5.91 Å². The first-order valence-corrected chi connectivity index (χ1v) is 8.81. The maximum Gasteiger partial charge on any atom is 0.221 e. The summed E-state index contributed by atoms with van der Waals surface area (Å²) in [4.78, 5) is 11.9. The van der Waals surface area contributed by atoms with Crippen LogP contribution >= 0.6 is 23.2 Å². The monoisotopic (exact) mass is 364 g/mol. The zero-order valence-electron chi connectivity index (χ0n) is 13.7. The Bertz CT molecular complexity index is 662. The largest absolute Gasteiger partial charge is 0.356 e. The first kappa shape index (κ1) is 18.8. The van der Waals surface area contributed by atoms with Gasteiger partial charge in [-0.05, 0) is 36.6 Å². The third-order valence-electron chi connectivity index (χ3n) is 3.83. The number of hydrogen-bond donors (Lipinski definition) is 2. The first-order chi connectivity index (χ1) is 11.6. The van der Waals surface area contributed by atoms with E-state index in [9.17, 15) is 4.79 Å². The Kier molecular flexibility index (Phi) is 7.57. The van der Waals surface area contributed by atoms with Crippen LogP contribution in [-0.2, 0) is 11.2 Å². The summed E-state index contributed by atoms with van der Waals surface area (Å²) in [7, 11) is 0. The van der Waals surface area contributed by atoms with E-state index in [0.29, 0.717) is 36.0 Å². The number of hydrogen-bond acceptors (Lipinski definition) is 2. The topological polar surface area (TPSA) is 41.1 Å². The molecule has 24 heavy (non-hydrogen) atoms. The molecule has 0 bridgehead atoms. The molecule has 2 aromatic rings. The molecule has 0 saturated heterocycles. The number of amides is 1. The average Bonchev–Trinajstić information content (AvgIpc) is 2.57. The van der Waals surface area contributed by atoms with Crippen LogP contribution in [0.5, 0.6) is 0 Å². The van der Waals surface area contributed by atoms with E-state index in [1.165, 1.54) is 5.56 Å². The molecule has 0 aliphatic rings. The van der Waals surface area contributed by atoms with E-state index in [0.717, 1.165) is 5.56 Å². The molecule has 0 aliphatic heterocycles. The third kappa shape index (κ3) is 6.16. The number of carbonyl (C=O) groups is 1. The molecule has 1 atom stereocenters. The van der Waals surface area contributed by atoms with Crippen molar-refractivity contribution in [2.75, 3.05) is 13.1 Å². The number of nitrogens with one attached hydrogen (secondary N) is 2. The molecule has 0 aliphatic carbocycles. The van der Waals surface area contributed by atoms with Crippen molar-refractivity contribution < 1.29 is 4.79 Å². The lowest BCUT2D eigenvalue weighted by Gasteiger charge is -2.14. The van der Waals surface area contributed by atoms with Crippen LogP contribution < -0.4 is 10.6 Å². The highest BCUT2D eigenvalue weighted by atomic mass is 35.5. The molecule has 2 aromatic carbocycles. The SMILES string of the molecule is CC(NCCC(=O)NCCc1ccc(Cl)cc1Cl)c1ccccc1. The summed E-state index contributed by atoms with van der Waals surface area (Å²) in [5.74, 6) is 0.0350. The van der Waals surface area contributed by atoms with Crippen LogP contribution in [-0.4, -0.2) is 19.0 Å². The maximum absolute atomic E-state index is 11.9. The predicted octanol–water partition coefficient (Wildman–Crippen LogP) is 4.39. The van der Waals surface area contributed by atoms with E-state index in [4.69, 9.17) is 23.2 Å². The minimum atomic E-state index is 0.0350. The fourth-order valence-corrected chi connectivity index (χ4v) is 2.91. The van der Waals surface area contributed by atoms with Gasteiger partial charge in [0.05, 0.1) is 0 Å². The van der Waals surface area contributed by atoms with E-state index in [2.05, 4.69) is 29.7 Å². The second kappa shape index (κ2) is 9.67. The third-order valence-corrected chi connectivity index (χ3v) is 4.42. The Morgan fingerprint density at radius 3 is 2.54 bits per heavy atom. The molecule has 5 heteroatoms. The van der Waals surface area contributed by atoms with Crippen molar-refractivity contribution >= 4 is 29.1 Å². The second-order valence-electron chi connectivity index (χ2n) is 5.67. The average molecular weight is 365 g/mol. The van der Waals surface area contributed by atoms with Gasteiger partial charge in [-0.15, -0.1) is 0 Å². The fourth-order valence-electron chi connectivity index (χ4n) is 2.41. The van der Waals surface area contributed by atoms with E-state index >= 15 is 0 Å². The van der Waals surface area contributed by atoms with Crippen molar-refractivity contribution in [2.24, 2.45) is 0 Å². The molecule has 0 saturated carbocycles. The van der Waals surface area contributed by atoms with Crippen molar-refractivity contribution in [1.82, 2.24) is 10.6 Å². The van der Waals surface area contributed by atoms with Crippen molar-refractivity contribution in [3.05, 3.63) is 69.7 Å². The Balaban J connectivity index is 1.65. The molecule has 0 radical (unpaired) electrons. The van der Waals surface area contributed by atoms with E-state index in [-0.39, 0.29) is 11.9 Å². The van der Waals surface area contributed by atoms with Crippen molar-refractivity contribution in [2.45, 2.75) is 25.8 Å². The van der Waals surface area contributed by atoms with Gasteiger partial charge in [-0.25, -0.2) is 0 Å². The van der Waals surface area contributed by atoms with Gasteiger partial charge in [-0.1, -0.05) is 59.6 Å². The molecule has 0 fully saturated rings. The highest BCUT2D eigenvalue weighted by molar-refractivity contribution is 6.35. The Hall–Kier alpha value is -1.55. The van der Waals surface area contributed by atoms with Crippen LogP contribution in [0.3, 0.4) is 0 Å². The molecule has 0 aromatic heterocycles. The summed E-state index contributed by atoms with van der Waals surface area (Å²) >= 11 is 12.0. The maximum atomic E-state index is 11.9. The lowest BCUT2D eigenvalue weighted by Crippen LogP contribution is -2.30. The predicted molar refractivity (Wildman–Crippen MR) is 101 cm³/mol. The smallest absolute Gasteiger partial charge is 0.221 e. The fraction of sp³-hybridized carbons (Fsp3) is 0.316. The Labute approximate surface area is 153 Å². The first-order valence-electron chi connectivity index (χ1n) is 8.05. The molecule has 2 N–H and O–H groups in total. The van der Waals surface area contributed by atoms with Gasteiger partial charge in [0.15, 0.2) is 0 Å². The van der Waals surface area contributed by atoms with Crippen LogP contribution in [0.1, 0.15) is 30.5 Å². The quantitative estimate of drug-likeness (QED) is 0.728. The summed E-state index contributed by atoms with van der Waals surface area (Å²) in [5.41, 5.74) is 2.20. The molecule has 1 amide bonds. The van der Waals surface area contributed by atoms with Gasteiger partial charge in [-0.3, -0.25) is 4.79 Å². The summed E-state index contributed by atoms with van der Waals surface area (Å²) in [6, 6.07) is 15.8. The number of benzene rings is 2. The van der Waals surface area contributed by atoms with Crippen LogP contribution in [0, 0.1) is 0 Å². The molecule has 3 nitrogen and oxygen atoms in total. The van der Waals surface area contributed by atoms with Gasteiger partial charge < -0.3 is 10.6 Å². The zero-order chi connectivity index (χ0) is 17.4. The lowest BCUT2D eigenvalue weighted by molar-refractivity contribution is -0.120.